The number of aryl methyl sites for hydroxylation is 1. The van der Waals surface area contributed by atoms with Crippen LogP contribution in [0.4, 0.5) is 0 Å². The van der Waals surface area contributed by atoms with Gasteiger partial charge in [-0.15, -0.1) is 0 Å². The quantitative estimate of drug-likeness (QED) is 0.919. The second-order valence-corrected chi connectivity index (χ2v) is 6.65. The molecule has 0 amide bonds. The molecule has 1 heterocycles. The molecular weight excluding hydrogens is 290 g/mol. The van der Waals surface area contributed by atoms with E-state index in [0.717, 1.165) is 31.2 Å². The highest BCUT2D eigenvalue weighted by Gasteiger charge is 2.24. The maximum atomic E-state index is 9.23. The van der Waals surface area contributed by atoms with Gasteiger partial charge >= 0.3 is 0 Å². The van der Waals surface area contributed by atoms with Crippen molar-refractivity contribution in [1.29, 1.82) is 0 Å². The van der Waals surface area contributed by atoms with Gasteiger partial charge in [0, 0.05) is 18.2 Å². The first-order valence-electron chi connectivity index (χ1n) is 8.36. The van der Waals surface area contributed by atoms with E-state index in [2.05, 4.69) is 41.1 Å². The second-order valence-electron chi connectivity index (χ2n) is 6.65. The molecule has 0 spiro atoms. The van der Waals surface area contributed by atoms with E-state index in [1.54, 1.807) is 0 Å². The van der Waals surface area contributed by atoms with Gasteiger partial charge in [0.15, 0.2) is 0 Å². The van der Waals surface area contributed by atoms with Gasteiger partial charge in [0.2, 0.25) is 11.7 Å². The number of aliphatic hydroxyl groups excluding tert-OH is 1. The van der Waals surface area contributed by atoms with Crippen molar-refractivity contribution < 1.29 is 9.63 Å². The average Bonchev–Trinajstić information content (AvgIpc) is 3.04. The lowest BCUT2D eigenvalue weighted by molar-refractivity contribution is 0.116. The smallest absolute Gasteiger partial charge is 0.241 e. The van der Waals surface area contributed by atoms with Crippen LogP contribution in [0.1, 0.15) is 37.1 Å². The van der Waals surface area contributed by atoms with Crippen molar-refractivity contribution in [3.05, 3.63) is 35.7 Å². The highest BCUT2D eigenvalue weighted by atomic mass is 16.5. The summed E-state index contributed by atoms with van der Waals surface area (Å²) in [6.07, 6.45) is 4.45. The molecule has 0 radical (unpaired) electrons. The summed E-state index contributed by atoms with van der Waals surface area (Å²) < 4.78 is 5.41. The van der Waals surface area contributed by atoms with Gasteiger partial charge in [0.1, 0.15) is 0 Å². The molecule has 3 rings (SSSR count). The predicted molar refractivity (Wildman–Crippen MR) is 88.8 cm³/mol. The summed E-state index contributed by atoms with van der Waals surface area (Å²) >= 11 is 0. The summed E-state index contributed by atoms with van der Waals surface area (Å²) in [7, 11) is 2.11. The zero-order valence-corrected chi connectivity index (χ0v) is 13.9. The third kappa shape index (κ3) is 3.98. The Kier molecular flexibility index (Phi) is 5.08. The summed E-state index contributed by atoms with van der Waals surface area (Å²) in [6, 6.07) is 8.68. The Balaban J connectivity index is 1.59. The molecule has 1 saturated carbocycles. The first-order chi connectivity index (χ1) is 11.2. The van der Waals surface area contributed by atoms with E-state index in [0.29, 0.717) is 36.8 Å². The van der Waals surface area contributed by atoms with Gasteiger partial charge < -0.3 is 9.63 Å². The zero-order chi connectivity index (χ0) is 16.2. The summed E-state index contributed by atoms with van der Waals surface area (Å²) in [4.78, 5) is 6.81. The van der Waals surface area contributed by atoms with Crippen molar-refractivity contribution in [3.8, 4) is 11.4 Å². The van der Waals surface area contributed by atoms with E-state index in [1.807, 2.05) is 12.1 Å². The molecule has 5 heteroatoms. The van der Waals surface area contributed by atoms with Crippen molar-refractivity contribution in [1.82, 2.24) is 15.0 Å². The van der Waals surface area contributed by atoms with Crippen molar-refractivity contribution in [2.75, 3.05) is 13.7 Å². The SMILES string of the molecule is Cc1ccc(-c2noc(CN(C)C3CCC(CO)CC3)n2)cc1. The summed E-state index contributed by atoms with van der Waals surface area (Å²) in [6.45, 7) is 3.05. The molecule has 124 valence electrons. The summed E-state index contributed by atoms with van der Waals surface area (Å²) in [5, 5.41) is 13.3. The number of nitrogens with zero attached hydrogens (tertiary/aromatic N) is 3. The van der Waals surface area contributed by atoms with E-state index in [-0.39, 0.29) is 0 Å². The van der Waals surface area contributed by atoms with E-state index in [1.165, 1.54) is 5.56 Å². The van der Waals surface area contributed by atoms with Crippen LogP contribution >= 0.6 is 0 Å². The van der Waals surface area contributed by atoms with Gasteiger partial charge in [0.25, 0.3) is 0 Å². The molecule has 1 aliphatic rings. The number of hydrogen-bond donors (Lipinski definition) is 1. The molecule has 1 N–H and O–H groups in total. The molecule has 1 aromatic heterocycles. The van der Waals surface area contributed by atoms with Crippen molar-refractivity contribution in [2.24, 2.45) is 5.92 Å². The van der Waals surface area contributed by atoms with Crippen LogP contribution < -0.4 is 0 Å². The summed E-state index contributed by atoms with van der Waals surface area (Å²) in [5.41, 5.74) is 2.20. The third-order valence-electron chi connectivity index (χ3n) is 4.86. The number of aromatic nitrogens is 2. The fourth-order valence-electron chi connectivity index (χ4n) is 3.25. The first kappa shape index (κ1) is 16.1. The highest BCUT2D eigenvalue weighted by Crippen LogP contribution is 2.27. The van der Waals surface area contributed by atoms with Crippen LogP contribution in [0.25, 0.3) is 11.4 Å². The summed E-state index contributed by atoms with van der Waals surface area (Å²) in [5.74, 6) is 1.79. The third-order valence-corrected chi connectivity index (χ3v) is 4.86. The molecule has 5 nitrogen and oxygen atoms in total. The van der Waals surface area contributed by atoms with Crippen LogP contribution in [0.2, 0.25) is 0 Å². The Morgan fingerprint density at radius 3 is 2.52 bits per heavy atom. The van der Waals surface area contributed by atoms with Gasteiger partial charge in [-0.1, -0.05) is 35.0 Å². The Morgan fingerprint density at radius 1 is 1.17 bits per heavy atom. The van der Waals surface area contributed by atoms with Crippen LogP contribution in [0.3, 0.4) is 0 Å². The normalized spacial score (nSPS) is 21.7. The predicted octanol–water partition coefficient (Wildman–Crippen LogP) is 3.03. The number of aliphatic hydroxyl groups is 1. The molecule has 1 fully saturated rings. The Bertz CT molecular complexity index is 615. The van der Waals surface area contributed by atoms with E-state index in [4.69, 9.17) is 4.52 Å². The van der Waals surface area contributed by atoms with Crippen LogP contribution in [0, 0.1) is 12.8 Å². The van der Waals surface area contributed by atoms with Crippen LogP contribution in [0.15, 0.2) is 28.8 Å². The molecule has 1 aromatic carbocycles. The minimum Gasteiger partial charge on any atom is -0.396 e. The standard InChI is InChI=1S/C18H25N3O2/c1-13-3-7-15(8-4-13)18-19-17(23-20-18)11-21(2)16-9-5-14(12-22)6-10-16/h3-4,7-8,14,16,22H,5-6,9-12H2,1-2H3. The Hall–Kier alpha value is -1.72. The van der Waals surface area contributed by atoms with Gasteiger partial charge in [-0.25, -0.2) is 0 Å². The van der Waals surface area contributed by atoms with Gasteiger partial charge in [-0.3, -0.25) is 4.90 Å². The van der Waals surface area contributed by atoms with Crippen LogP contribution in [0.5, 0.6) is 0 Å². The van der Waals surface area contributed by atoms with Crippen molar-refractivity contribution in [3.63, 3.8) is 0 Å². The molecule has 1 aliphatic carbocycles. The number of rotatable bonds is 5. The highest BCUT2D eigenvalue weighted by molar-refractivity contribution is 5.54. The molecule has 23 heavy (non-hydrogen) atoms. The first-order valence-corrected chi connectivity index (χ1v) is 8.36. The molecule has 0 atom stereocenters. The maximum Gasteiger partial charge on any atom is 0.241 e. The van der Waals surface area contributed by atoms with Crippen molar-refractivity contribution >= 4 is 0 Å². The van der Waals surface area contributed by atoms with Gasteiger partial charge in [-0.2, -0.15) is 4.98 Å². The molecular formula is C18H25N3O2. The van der Waals surface area contributed by atoms with Crippen LogP contribution in [-0.2, 0) is 6.54 Å². The average molecular weight is 315 g/mol. The maximum absolute atomic E-state index is 9.23. The minimum atomic E-state index is 0.319. The fraction of sp³-hybridized carbons (Fsp3) is 0.556. The lowest BCUT2D eigenvalue weighted by atomic mass is 9.86. The number of benzene rings is 1. The van der Waals surface area contributed by atoms with Gasteiger partial charge in [-0.05, 0) is 45.6 Å². The molecule has 2 aromatic rings. The van der Waals surface area contributed by atoms with Gasteiger partial charge in [0.05, 0.1) is 6.54 Å². The number of hydrogen-bond acceptors (Lipinski definition) is 5. The monoisotopic (exact) mass is 315 g/mol. The zero-order valence-electron chi connectivity index (χ0n) is 13.9. The fourth-order valence-corrected chi connectivity index (χ4v) is 3.25. The van der Waals surface area contributed by atoms with E-state index >= 15 is 0 Å². The molecule has 0 unspecified atom stereocenters. The lowest BCUT2D eigenvalue weighted by Crippen LogP contribution is -2.35. The topological polar surface area (TPSA) is 62.4 Å². The molecule has 0 bridgehead atoms. The second kappa shape index (κ2) is 7.23. The minimum absolute atomic E-state index is 0.319. The molecule has 0 saturated heterocycles. The largest absolute Gasteiger partial charge is 0.396 e. The Morgan fingerprint density at radius 2 is 1.87 bits per heavy atom. The van der Waals surface area contributed by atoms with Crippen LogP contribution in [-0.4, -0.2) is 39.8 Å². The van der Waals surface area contributed by atoms with E-state index in [9.17, 15) is 5.11 Å². The van der Waals surface area contributed by atoms with E-state index < -0.39 is 0 Å². The molecule has 0 aliphatic heterocycles. The van der Waals surface area contributed by atoms with Crippen molar-refractivity contribution in [2.45, 2.75) is 45.2 Å². The Labute approximate surface area is 137 Å². The lowest BCUT2D eigenvalue weighted by Gasteiger charge is -2.33.